The maximum atomic E-state index is 5.45. The topological polar surface area (TPSA) is 33.3 Å². The van der Waals surface area contributed by atoms with Crippen molar-refractivity contribution in [2.24, 2.45) is 0 Å². The number of thiophene rings is 1. The Bertz CT molecular complexity index is 560. The molecule has 19 heavy (non-hydrogen) atoms. The van der Waals surface area contributed by atoms with Crippen LogP contribution >= 0.6 is 11.3 Å². The van der Waals surface area contributed by atoms with Crippen molar-refractivity contribution in [3.63, 3.8) is 0 Å². The van der Waals surface area contributed by atoms with Crippen LogP contribution in [0.4, 0.5) is 0 Å². The van der Waals surface area contributed by atoms with Gasteiger partial charge in [0.05, 0.1) is 23.2 Å². The van der Waals surface area contributed by atoms with E-state index in [-0.39, 0.29) is 6.04 Å². The first-order valence-corrected chi connectivity index (χ1v) is 7.25. The van der Waals surface area contributed by atoms with Gasteiger partial charge in [-0.2, -0.15) is 0 Å². The molecule has 3 nitrogen and oxygen atoms in total. The van der Waals surface area contributed by atoms with Crippen molar-refractivity contribution >= 4 is 17.0 Å². The third kappa shape index (κ3) is 2.64. The highest BCUT2D eigenvalue weighted by atomic mass is 32.1. The van der Waals surface area contributed by atoms with E-state index >= 15 is 0 Å². The molecule has 0 amide bonds. The fraction of sp³-hybridized carbons (Fsp3) is 0.200. The molecule has 1 unspecified atom stereocenters. The number of ether oxygens (including phenoxy) is 1. The van der Waals surface area contributed by atoms with Crippen molar-refractivity contribution in [3.8, 4) is 5.75 Å². The Kier molecular flexibility index (Phi) is 3.53. The van der Waals surface area contributed by atoms with E-state index in [0.29, 0.717) is 6.61 Å². The van der Waals surface area contributed by atoms with Crippen LogP contribution in [0, 0.1) is 0 Å². The predicted molar refractivity (Wildman–Crippen MR) is 78.9 cm³/mol. The third-order valence-corrected chi connectivity index (χ3v) is 3.94. The molecule has 3 rings (SSSR count). The number of benzene rings is 1. The summed E-state index contributed by atoms with van der Waals surface area (Å²) in [5.74, 6) is 0.916. The van der Waals surface area contributed by atoms with Gasteiger partial charge in [-0.25, -0.2) is 5.43 Å². The molecular formula is C15H16N2OS. The average molecular weight is 272 g/mol. The summed E-state index contributed by atoms with van der Waals surface area (Å²) in [6.07, 6.45) is 2.21. The summed E-state index contributed by atoms with van der Waals surface area (Å²) in [6, 6.07) is 12.6. The summed E-state index contributed by atoms with van der Waals surface area (Å²) in [7, 11) is 0. The second-order valence-corrected chi connectivity index (χ2v) is 5.25. The van der Waals surface area contributed by atoms with E-state index in [0.717, 1.165) is 11.4 Å². The van der Waals surface area contributed by atoms with Gasteiger partial charge in [-0.1, -0.05) is 18.2 Å². The van der Waals surface area contributed by atoms with Gasteiger partial charge in [0, 0.05) is 0 Å². The Morgan fingerprint density at radius 2 is 2.05 bits per heavy atom. The van der Waals surface area contributed by atoms with Crippen LogP contribution < -0.4 is 15.6 Å². The standard InChI is InChI=1S/C15H16N2OS/c1-2-18-12-7-5-11(6-8-12)13-10-14(17-16-13)15-4-3-9-19-15/h3-10,13,16-17H,2H2,1H3. The van der Waals surface area contributed by atoms with Crippen LogP contribution in [0.3, 0.4) is 0 Å². The van der Waals surface area contributed by atoms with Gasteiger partial charge in [-0.3, -0.25) is 0 Å². The summed E-state index contributed by atoms with van der Waals surface area (Å²) < 4.78 is 5.45. The fourth-order valence-electron chi connectivity index (χ4n) is 2.10. The quantitative estimate of drug-likeness (QED) is 0.895. The van der Waals surface area contributed by atoms with Gasteiger partial charge >= 0.3 is 0 Å². The number of hydrazine groups is 1. The SMILES string of the molecule is CCOc1ccc(C2C=C(c3cccs3)NN2)cc1. The zero-order valence-electron chi connectivity index (χ0n) is 10.7. The molecule has 1 aromatic heterocycles. The molecule has 0 radical (unpaired) electrons. The molecule has 98 valence electrons. The van der Waals surface area contributed by atoms with Crippen molar-refractivity contribution < 1.29 is 4.74 Å². The lowest BCUT2D eigenvalue weighted by molar-refractivity contribution is 0.340. The Morgan fingerprint density at radius 3 is 2.74 bits per heavy atom. The molecule has 4 heteroatoms. The van der Waals surface area contributed by atoms with Gasteiger partial charge in [0.15, 0.2) is 0 Å². The fourth-order valence-corrected chi connectivity index (χ4v) is 2.81. The summed E-state index contributed by atoms with van der Waals surface area (Å²) in [4.78, 5) is 1.25. The highest BCUT2D eigenvalue weighted by molar-refractivity contribution is 7.11. The monoisotopic (exact) mass is 272 g/mol. The van der Waals surface area contributed by atoms with Gasteiger partial charge < -0.3 is 10.2 Å². The molecule has 0 spiro atoms. The van der Waals surface area contributed by atoms with Crippen LogP contribution in [0.25, 0.3) is 5.70 Å². The zero-order valence-corrected chi connectivity index (χ0v) is 11.5. The van der Waals surface area contributed by atoms with E-state index in [1.54, 1.807) is 11.3 Å². The second kappa shape index (κ2) is 5.47. The van der Waals surface area contributed by atoms with E-state index < -0.39 is 0 Å². The largest absolute Gasteiger partial charge is 0.494 e. The van der Waals surface area contributed by atoms with Gasteiger partial charge in [-0.05, 0) is 42.1 Å². The van der Waals surface area contributed by atoms with Crippen LogP contribution in [0.2, 0.25) is 0 Å². The van der Waals surface area contributed by atoms with Crippen LogP contribution in [-0.4, -0.2) is 6.61 Å². The van der Waals surface area contributed by atoms with E-state index in [1.807, 2.05) is 19.1 Å². The summed E-state index contributed by atoms with van der Waals surface area (Å²) in [6.45, 7) is 2.69. The Balaban J connectivity index is 1.76. The van der Waals surface area contributed by atoms with Crippen LogP contribution in [0.1, 0.15) is 23.4 Å². The minimum absolute atomic E-state index is 0.202. The average Bonchev–Trinajstić information content (AvgIpc) is 3.11. The first kappa shape index (κ1) is 12.3. The number of rotatable bonds is 4. The number of hydrogen-bond donors (Lipinski definition) is 2. The number of hydrogen-bond acceptors (Lipinski definition) is 4. The molecule has 1 aromatic carbocycles. The molecule has 2 N–H and O–H groups in total. The van der Waals surface area contributed by atoms with Gasteiger partial charge in [0.1, 0.15) is 5.75 Å². The summed E-state index contributed by atoms with van der Waals surface area (Å²) >= 11 is 1.74. The van der Waals surface area contributed by atoms with E-state index in [1.165, 1.54) is 10.4 Å². The number of nitrogens with one attached hydrogen (secondary N) is 2. The van der Waals surface area contributed by atoms with E-state index in [9.17, 15) is 0 Å². The first-order valence-electron chi connectivity index (χ1n) is 6.37. The lowest BCUT2D eigenvalue weighted by Gasteiger charge is -2.10. The molecule has 1 aliphatic heterocycles. The molecule has 2 heterocycles. The van der Waals surface area contributed by atoms with Crippen LogP contribution in [0.5, 0.6) is 5.75 Å². The molecule has 1 atom stereocenters. The normalized spacial score (nSPS) is 17.9. The van der Waals surface area contributed by atoms with Gasteiger partial charge in [-0.15, -0.1) is 11.3 Å². The molecular weight excluding hydrogens is 256 g/mol. The molecule has 0 saturated carbocycles. The summed E-state index contributed by atoms with van der Waals surface area (Å²) in [5, 5.41) is 2.09. The maximum absolute atomic E-state index is 5.45. The minimum Gasteiger partial charge on any atom is -0.494 e. The van der Waals surface area contributed by atoms with Crippen molar-refractivity contribution in [1.82, 2.24) is 10.9 Å². The smallest absolute Gasteiger partial charge is 0.119 e. The highest BCUT2D eigenvalue weighted by Crippen LogP contribution is 2.27. The van der Waals surface area contributed by atoms with Crippen molar-refractivity contribution in [3.05, 3.63) is 58.3 Å². The Morgan fingerprint density at radius 1 is 1.21 bits per heavy atom. The van der Waals surface area contributed by atoms with E-state index in [4.69, 9.17) is 4.74 Å². The lowest BCUT2D eigenvalue weighted by Crippen LogP contribution is -2.26. The van der Waals surface area contributed by atoms with E-state index in [2.05, 4.69) is 46.6 Å². The third-order valence-electron chi connectivity index (χ3n) is 3.03. The molecule has 0 bridgehead atoms. The van der Waals surface area contributed by atoms with Gasteiger partial charge in [0.25, 0.3) is 0 Å². The minimum atomic E-state index is 0.202. The second-order valence-electron chi connectivity index (χ2n) is 4.31. The zero-order chi connectivity index (χ0) is 13.1. The Labute approximate surface area is 116 Å². The maximum Gasteiger partial charge on any atom is 0.119 e. The van der Waals surface area contributed by atoms with Crippen molar-refractivity contribution in [1.29, 1.82) is 0 Å². The molecule has 2 aromatic rings. The molecule has 0 saturated heterocycles. The predicted octanol–water partition coefficient (Wildman–Crippen LogP) is 3.34. The van der Waals surface area contributed by atoms with Crippen molar-refractivity contribution in [2.75, 3.05) is 6.61 Å². The van der Waals surface area contributed by atoms with Crippen molar-refractivity contribution in [2.45, 2.75) is 13.0 Å². The first-order chi connectivity index (χ1) is 9.36. The van der Waals surface area contributed by atoms with Crippen LogP contribution in [0.15, 0.2) is 47.9 Å². The molecule has 1 aliphatic rings. The van der Waals surface area contributed by atoms with Crippen LogP contribution in [-0.2, 0) is 0 Å². The Hall–Kier alpha value is -1.78. The summed E-state index contributed by atoms with van der Waals surface area (Å²) in [5.41, 5.74) is 8.90. The highest BCUT2D eigenvalue weighted by Gasteiger charge is 2.17. The molecule has 0 fully saturated rings. The molecule has 0 aliphatic carbocycles. The lowest BCUT2D eigenvalue weighted by atomic mass is 10.1. The van der Waals surface area contributed by atoms with Gasteiger partial charge in [0.2, 0.25) is 0 Å².